The van der Waals surface area contributed by atoms with Crippen LogP contribution in [0.25, 0.3) is 10.6 Å². The monoisotopic (exact) mass is 295 g/mol. The van der Waals surface area contributed by atoms with Gasteiger partial charge in [-0.15, -0.1) is 16.4 Å². The standard InChI is InChI=1S/C13H17N3O3S/c1-13(2,19-3)6-7-16-11(9-5-4-8-20-9)10(12(17)18)14-15-16/h4-5,8H,6-7H2,1-3H3,(H,17,18). The van der Waals surface area contributed by atoms with Crippen LogP contribution in [0.2, 0.25) is 0 Å². The lowest BCUT2D eigenvalue weighted by atomic mass is 10.1. The molecule has 0 bridgehead atoms. The van der Waals surface area contributed by atoms with Gasteiger partial charge in [0.05, 0.1) is 10.5 Å². The van der Waals surface area contributed by atoms with Crippen LogP contribution in [0.4, 0.5) is 0 Å². The number of aromatic nitrogens is 3. The van der Waals surface area contributed by atoms with Crippen molar-refractivity contribution in [3.8, 4) is 10.6 Å². The Labute approximate surface area is 121 Å². The van der Waals surface area contributed by atoms with Crippen LogP contribution in [-0.2, 0) is 11.3 Å². The lowest BCUT2D eigenvalue weighted by molar-refractivity contribution is 0.0113. The smallest absolute Gasteiger partial charge is 0.358 e. The van der Waals surface area contributed by atoms with E-state index in [0.29, 0.717) is 18.7 Å². The molecule has 7 heteroatoms. The zero-order valence-corrected chi connectivity index (χ0v) is 12.5. The number of ether oxygens (including phenoxy) is 1. The van der Waals surface area contributed by atoms with Crippen LogP contribution < -0.4 is 0 Å². The molecular weight excluding hydrogens is 278 g/mol. The van der Waals surface area contributed by atoms with Gasteiger partial charge in [0.1, 0.15) is 5.69 Å². The number of hydrogen-bond acceptors (Lipinski definition) is 5. The summed E-state index contributed by atoms with van der Waals surface area (Å²) in [4.78, 5) is 12.1. The Hall–Kier alpha value is -1.73. The molecule has 2 aromatic rings. The molecule has 1 N–H and O–H groups in total. The summed E-state index contributed by atoms with van der Waals surface area (Å²) in [6, 6.07) is 3.75. The maximum absolute atomic E-state index is 11.3. The van der Waals surface area contributed by atoms with Crippen LogP contribution in [0.5, 0.6) is 0 Å². The van der Waals surface area contributed by atoms with E-state index in [1.807, 2.05) is 31.4 Å². The van der Waals surface area contributed by atoms with Gasteiger partial charge in [-0.1, -0.05) is 11.3 Å². The van der Waals surface area contributed by atoms with Crippen LogP contribution in [0, 0.1) is 0 Å². The van der Waals surface area contributed by atoms with Crippen molar-refractivity contribution < 1.29 is 14.6 Å². The van der Waals surface area contributed by atoms with Crippen molar-refractivity contribution in [2.24, 2.45) is 0 Å². The van der Waals surface area contributed by atoms with Gasteiger partial charge in [-0.2, -0.15) is 0 Å². The Morgan fingerprint density at radius 2 is 2.30 bits per heavy atom. The first-order chi connectivity index (χ1) is 9.44. The average molecular weight is 295 g/mol. The van der Waals surface area contributed by atoms with E-state index in [9.17, 15) is 9.90 Å². The molecule has 0 saturated heterocycles. The minimum atomic E-state index is -1.06. The summed E-state index contributed by atoms with van der Waals surface area (Å²) in [6.07, 6.45) is 0.713. The fourth-order valence-electron chi connectivity index (χ4n) is 1.75. The van der Waals surface area contributed by atoms with Crippen LogP contribution in [-0.4, -0.2) is 38.8 Å². The molecule has 0 aromatic carbocycles. The summed E-state index contributed by atoms with van der Waals surface area (Å²) in [5, 5.41) is 18.9. The van der Waals surface area contributed by atoms with E-state index < -0.39 is 5.97 Å². The number of rotatable bonds is 6. The number of methoxy groups -OCH3 is 1. The molecule has 6 nitrogen and oxygen atoms in total. The molecule has 0 saturated carbocycles. The number of carboxylic acids is 1. The van der Waals surface area contributed by atoms with Crippen molar-refractivity contribution in [3.05, 3.63) is 23.2 Å². The van der Waals surface area contributed by atoms with Crippen molar-refractivity contribution in [1.82, 2.24) is 15.0 Å². The van der Waals surface area contributed by atoms with E-state index >= 15 is 0 Å². The van der Waals surface area contributed by atoms with Crippen molar-refractivity contribution in [2.75, 3.05) is 7.11 Å². The number of carboxylic acid groups (broad SMARTS) is 1. The second-order valence-electron chi connectivity index (χ2n) is 5.01. The Morgan fingerprint density at radius 3 is 2.85 bits per heavy atom. The first-order valence-electron chi connectivity index (χ1n) is 6.20. The number of thiophene rings is 1. The summed E-state index contributed by atoms with van der Waals surface area (Å²) in [6.45, 7) is 4.51. The molecule has 2 rings (SSSR count). The molecule has 0 atom stereocenters. The molecule has 2 aromatic heterocycles. The summed E-state index contributed by atoms with van der Waals surface area (Å²) < 4.78 is 7.00. The number of aryl methyl sites for hydroxylation is 1. The van der Waals surface area contributed by atoms with Gasteiger partial charge in [-0.05, 0) is 31.7 Å². The number of carbonyl (C=O) groups is 1. The van der Waals surface area contributed by atoms with Crippen molar-refractivity contribution in [3.63, 3.8) is 0 Å². The van der Waals surface area contributed by atoms with E-state index in [1.54, 1.807) is 11.8 Å². The summed E-state index contributed by atoms with van der Waals surface area (Å²) >= 11 is 1.47. The zero-order chi connectivity index (χ0) is 14.8. The van der Waals surface area contributed by atoms with Gasteiger partial charge < -0.3 is 9.84 Å². The first kappa shape index (κ1) is 14.7. The second kappa shape index (κ2) is 5.72. The van der Waals surface area contributed by atoms with Gasteiger partial charge >= 0.3 is 5.97 Å². The number of nitrogens with zero attached hydrogens (tertiary/aromatic N) is 3. The zero-order valence-electron chi connectivity index (χ0n) is 11.7. The van der Waals surface area contributed by atoms with Crippen molar-refractivity contribution in [1.29, 1.82) is 0 Å². The minimum Gasteiger partial charge on any atom is -0.476 e. The normalized spacial score (nSPS) is 11.8. The van der Waals surface area contributed by atoms with Gasteiger partial charge in [-0.25, -0.2) is 9.48 Å². The molecule has 0 spiro atoms. The third kappa shape index (κ3) is 3.05. The van der Waals surface area contributed by atoms with Crippen LogP contribution >= 0.6 is 11.3 Å². The molecular formula is C13H17N3O3S. The highest BCUT2D eigenvalue weighted by molar-refractivity contribution is 7.13. The third-order valence-electron chi connectivity index (χ3n) is 3.17. The van der Waals surface area contributed by atoms with E-state index in [1.165, 1.54) is 11.3 Å². The van der Waals surface area contributed by atoms with E-state index in [2.05, 4.69) is 10.3 Å². The first-order valence-corrected chi connectivity index (χ1v) is 7.08. The molecule has 2 heterocycles. The van der Waals surface area contributed by atoms with Crippen LogP contribution in [0.1, 0.15) is 30.8 Å². The topological polar surface area (TPSA) is 77.2 Å². The highest BCUT2D eigenvalue weighted by Gasteiger charge is 2.23. The largest absolute Gasteiger partial charge is 0.476 e. The maximum atomic E-state index is 11.3. The predicted molar refractivity (Wildman–Crippen MR) is 76.0 cm³/mol. The van der Waals surface area contributed by atoms with E-state index in [4.69, 9.17) is 4.74 Å². The quantitative estimate of drug-likeness (QED) is 0.886. The van der Waals surface area contributed by atoms with Crippen LogP contribution in [0.15, 0.2) is 17.5 Å². The molecule has 0 aliphatic carbocycles. The van der Waals surface area contributed by atoms with Crippen molar-refractivity contribution in [2.45, 2.75) is 32.4 Å². The Bertz CT molecular complexity index is 590. The molecule has 108 valence electrons. The van der Waals surface area contributed by atoms with Crippen LogP contribution in [0.3, 0.4) is 0 Å². The lowest BCUT2D eigenvalue weighted by Gasteiger charge is -2.22. The molecule has 0 unspecified atom stereocenters. The Kier molecular flexibility index (Phi) is 4.20. The number of hydrogen-bond donors (Lipinski definition) is 1. The average Bonchev–Trinajstić information content (AvgIpc) is 3.04. The second-order valence-corrected chi connectivity index (χ2v) is 5.95. The van der Waals surface area contributed by atoms with E-state index in [0.717, 1.165) is 4.88 Å². The summed E-state index contributed by atoms with van der Waals surface area (Å²) in [7, 11) is 1.66. The van der Waals surface area contributed by atoms with Gasteiger partial charge in [0.25, 0.3) is 0 Å². The SMILES string of the molecule is COC(C)(C)CCn1nnc(C(=O)O)c1-c1cccs1. The number of aromatic carboxylic acids is 1. The van der Waals surface area contributed by atoms with Gasteiger partial charge in [0, 0.05) is 13.7 Å². The van der Waals surface area contributed by atoms with Gasteiger partial charge in [0.2, 0.25) is 0 Å². The molecule has 0 fully saturated rings. The van der Waals surface area contributed by atoms with Crippen molar-refractivity contribution >= 4 is 17.3 Å². The fourth-order valence-corrected chi connectivity index (χ4v) is 2.52. The summed E-state index contributed by atoms with van der Waals surface area (Å²) in [5.74, 6) is -1.06. The van der Waals surface area contributed by atoms with Gasteiger partial charge in [0.15, 0.2) is 5.69 Å². The minimum absolute atomic E-state index is 0.0114. The van der Waals surface area contributed by atoms with Gasteiger partial charge in [-0.3, -0.25) is 0 Å². The van der Waals surface area contributed by atoms with E-state index in [-0.39, 0.29) is 11.3 Å². The summed E-state index contributed by atoms with van der Waals surface area (Å²) in [5.41, 5.74) is 0.254. The molecule has 0 aliphatic rings. The maximum Gasteiger partial charge on any atom is 0.358 e. The fraction of sp³-hybridized carbons (Fsp3) is 0.462. The highest BCUT2D eigenvalue weighted by atomic mass is 32.1. The molecule has 0 amide bonds. The molecule has 0 radical (unpaired) electrons. The third-order valence-corrected chi connectivity index (χ3v) is 4.05. The Morgan fingerprint density at radius 1 is 1.55 bits per heavy atom. The predicted octanol–water partition coefficient (Wildman–Crippen LogP) is 2.52. The Balaban J connectivity index is 2.32. The highest BCUT2D eigenvalue weighted by Crippen LogP contribution is 2.28. The molecule has 20 heavy (non-hydrogen) atoms. The lowest BCUT2D eigenvalue weighted by Crippen LogP contribution is -2.25. The molecule has 0 aliphatic heterocycles.